The summed E-state index contributed by atoms with van der Waals surface area (Å²) in [5, 5.41) is 20.8. The quantitative estimate of drug-likeness (QED) is 0.431. The van der Waals surface area contributed by atoms with E-state index in [2.05, 4.69) is 0 Å². The van der Waals surface area contributed by atoms with Gasteiger partial charge in [0.15, 0.2) is 0 Å². The Morgan fingerprint density at radius 2 is 1.57 bits per heavy atom. The zero-order valence-corrected chi connectivity index (χ0v) is 21.1. The number of benzene rings is 3. The van der Waals surface area contributed by atoms with Crippen LogP contribution >= 0.6 is 23.2 Å². The molecule has 2 atom stereocenters. The van der Waals surface area contributed by atoms with Crippen LogP contribution in [0.3, 0.4) is 0 Å². The number of hydrogen-bond donors (Lipinski definition) is 2. The molecule has 1 aliphatic heterocycles. The number of anilines is 1. The highest BCUT2D eigenvalue weighted by atomic mass is 35.5. The number of halogens is 2. The molecule has 2 N–H and O–H groups in total. The number of phenolic OH excluding ortho intramolecular Hbond substituents is 1. The van der Waals surface area contributed by atoms with Crippen molar-refractivity contribution in [3.63, 3.8) is 0 Å². The fourth-order valence-corrected chi connectivity index (χ4v) is 6.09. The average molecular weight is 535 g/mol. The summed E-state index contributed by atoms with van der Waals surface area (Å²) in [5.74, 6) is -1.12. The van der Waals surface area contributed by atoms with Crippen molar-refractivity contribution in [2.24, 2.45) is 0 Å². The average Bonchev–Trinajstić information content (AvgIpc) is 2.78. The number of sulfonamides is 1. The largest absolute Gasteiger partial charge is 0.508 e. The van der Waals surface area contributed by atoms with Crippen molar-refractivity contribution in [1.82, 2.24) is 4.90 Å². The van der Waals surface area contributed by atoms with Crippen LogP contribution in [0, 0.1) is 0 Å². The summed E-state index contributed by atoms with van der Waals surface area (Å²) in [6.45, 7) is 0.274. The third-order valence-corrected chi connectivity index (χ3v) is 7.80. The Morgan fingerprint density at radius 3 is 2.03 bits per heavy atom. The molecule has 7 nitrogen and oxygen atoms in total. The molecule has 0 amide bonds. The van der Waals surface area contributed by atoms with E-state index in [1.54, 1.807) is 36.4 Å². The molecular weight excluding hydrogens is 511 g/mol. The molecule has 3 aromatic rings. The molecule has 4 rings (SSSR count). The number of carbonyl (C=O) groups is 1. The summed E-state index contributed by atoms with van der Waals surface area (Å²) in [7, 11) is -3.79. The van der Waals surface area contributed by atoms with Gasteiger partial charge in [0.25, 0.3) is 0 Å². The number of rotatable bonds is 8. The van der Waals surface area contributed by atoms with E-state index in [0.29, 0.717) is 10.0 Å². The Labute approximate surface area is 214 Å². The highest BCUT2D eigenvalue weighted by Gasteiger charge is 2.49. The number of carboxylic acids is 1. The molecular formula is C25H24Cl2N2O5S. The Hall–Kier alpha value is -2.78. The normalized spacial score (nSPS) is 18.3. The van der Waals surface area contributed by atoms with Gasteiger partial charge in [0.05, 0.1) is 30.4 Å². The predicted octanol–water partition coefficient (Wildman–Crippen LogP) is 4.78. The third kappa shape index (κ3) is 5.56. The smallest absolute Gasteiger partial charge is 0.305 e. The van der Waals surface area contributed by atoms with E-state index in [0.717, 1.165) is 17.4 Å². The van der Waals surface area contributed by atoms with E-state index in [4.69, 9.17) is 23.2 Å². The van der Waals surface area contributed by atoms with Crippen LogP contribution in [0.4, 0.5) is 5.69 Å². The van der Waals surface area contributed by atoms with Gasteiger partial charge in [-0.2, -0.15) is 0 Å². The van der Waals surface area contributed by atoms with Crippen molar-refractivity contribution in [3.8, 4) is 5.75 Å². The molecule has 0 aliphatic carbocycles. The molecule has 0 aromatic heterocycles. The summed E-state index contributed by atoms with van der Waals surface area (Å²) in [5.41, 5.74) is 2.05. The van der Waals surface area contributed by atoms with Crippen LogP contribution in [0.15, 0.2) is 72.8 Å². The van der Waals surface area contributed by atoms with E-state index in [9.17, 15) is 23.4 Å². The first-order valence-electron chi connectivity index (χ1n) is 10.8. The minimum absolute atomic E-state index is 0.0812. The van der Waals surface area contributed by atoms with Gasteiger partial charge >= 0.3 is 5.97 Å². The number of carboxylic acid groups (broad SMARTS) is 1. The molecule has 184 valence electrons. The van der Waals surface area contributed by atoms with E-state index >= 15 is 0 Å². The first kappa shape index (κ1) is 25.3. The summed E-state index contributed by atoms with van der Waals surface area (Å²) in [6, 6.07) is 18.8. The topological polar surface area (TPSA) is 98.2 Å². The van der Waals surface area contributed by atoms with Gasteiger partial charge in [0, 0.05) is 28.7 Å². The second kappa shape index (κ2) is 10.1. The Balaban J connectivity index is 1.78. The number of hydrogen-bond acceptors (Lipinski definition) is 5. The van der Waals surface area contributed by atoms with Crippen molar-refractivity contribution < 1.29 is 23.4 Å². The molecule has 1 aliphatic rings. The second-order valence-electron chi connectivity index (χ2n) is 8.51. The van der Waals surface area contributed by atoms with Gasteiger partial charge in [0.1, 0.15) is 5.75 Å². The lowest BCUT2D eigenvalue weighted by Gasteiger charge is -2.55. The number of phenols is 1. The molecule has 1 fully saturated rings. The lowest BCUT2D eigenvalue weighted by atomic mass is 9.85. The minimum Gasteiger partial charge on any atom is -0.508 e. The first-order valence-corrected chi connectivity index (χ1v) is 13.4. The van der Waals surface area contributed by atoms with Crippen LogP contribution in [-0.4, -0.2) is 54.4 Å². The molecule has 0 spiro atoms. The van der Waals surface area contributed by atoms with Gasteiger partial charge in [-0.05, 0) is 47.5 Å². The molecule has 1 saturated heterocycles. The number of aliphatic carboxylic acids is 1. The van der Waals surface area contributed by atoms with Crippen LogP contribution in [0.1, 0.15) is 23.6 Å². The van der Waals surface area contributed by atoms with Crippen molar-refractivity contribution in [2.45, 2.75) is 24.5 Å². The predicted molar refractivity (Wildman–Crippen MR) is 137 cm³/mol. The van der Waals surface area contributed by atoms with Gasteiger partial charge in [-0.1, -0.05) is 53.5 Å². The van der Waals surface area contributed by atoms with Gasteiger partial charge in [0.2, 0.25) is 10.0 Å². The SMILES string of the molecule is CS(=O)(=O)N(c1cccc(O)c1)C1CN(C(c2ccc(Cl)cc2)c2ccc(Cl)cc2)C1CC(=O)O. The molecule has 10 heteroatoms. The molecule has 1 heterocycles. The fourth-order valence-electron chi connectivity index (χ4n) is 4.64. The van der Waals surface area contributed by atoms with Crippen LogP contribution in [0.5, 0.6) is 5.75 Å². The van der Waals surface area contributed by atoms with Gasteiger partial charge < -0.3 is 10.2 Å². The molecule has 35 heavy (non-hydrogen) atoms. The maximum absolute atomic E-state index is 12.8. The van der Waals surface area contributed by atoms with E-state index < -0.39 is 28.1 Å². The monoisotopic (exact) mass is 534 g/mol. The zero-order valence-electron chi connectivity index (χ0n) is 18.8. The van der Waals surface area contributed by atoms with Crippen molar-refractivity contribution in [2.75, 3.05) is 17.1 Å². The molecule has 0 radical (unpaired) electrons. The second-order valence-corrected chi connectivity index (χ2v) is 11.2. The lowest BCUT2D eigenvalue weighted by molar-refractivity contribution is -0.140. The van der Waals surface area contributed by atoms with Gasteiger partial charge in [-0.3, -0.25) is 14.0 Å². The molecule has 3 aromatic carbocycles. The number of aromatic hydroxyl groups is 1. The van der Waals surface area contributed by atoms with Crippen molar-refractivity contribution in [3.05, 3.63) is 94.0 Å². The molecule has 2 unspecified atom stereocenters. The minimum atomic E-state index is -3.79. The molecule has 0 saturated carbocycles. The van der Waals surface area contributed by atoms with Gasteiger partial charge in [-0.15, -0.1) is 0 Å². The van der Waals surface area contributed by atoms with Gasteiger partial charge in [-0.25, -0.2) is 8.42 Å². The summed E-state index contributed by atoms with van der Waals surface area (Å²) in [6.07, 6.45) is 0.806. The van der Waals surface area contributed by atoms with Crippen molar-refractivity contribution in [1.29, 1.82) is 0 Å². The summed E-state index contributed by atoms with van der Waals surface area (Å²) < 4.78 is 26.9. The highest BCUT2D eigenvalue weighted by Crippen LogP contribution is 2.41. The Bertz CT molecular complexity index is 1270. The highest BCUT2D eigenvalue weighted by molar-refractivity contribution is 7.92. The maximum Gasteiger partial charge on any atom is 0.305 e. The molecule has 0 bridgehead atoms. The fraction of sp³-hybridized carbons (Fsp3) is 0.240. The Kier molecular flexibility index (Phi) is 7.28. The van der Waals surface area contributed by atoms with E-state index in [1.165, 1.54) is 16.4 Å². The number of nitrogens with zero attached hydrogens (tertiary/aromatic N) is 2. The zero-order chi connectivity index (χ0) is 25.3. The maximum atomic E-state index is 12.8. The van der Waals surface area contributed by atoms with Crippen LogP contribution < -0.4 is 4.31 Å². The standard InChI is InChI=1S/C25H24Cl2N2O5S/c1-35(33,34)29(20-3-2-4-21(30)13-20)23-15-28(22(23)14-24(31)32)25(16-5-9-18(26)10-6-16)17-7-11-19(27)12-8-17/h2-13,22-23,25,30H,14-15H2,1H3,(H,31,32). The Morgan fingerprint density at radius 1 is 1.03 bits per heavy atom. The van der Waals surface area contributed by atoms with Crippen LogP contribution in [0.25, 0.3) is 0 Å². The first-order chi connectivity index (χ1) is 16.5. The summed E-state index contributed by atoms with van der Waals surface area (Å²) in [4.78, 5) is 13.9. The number of likely N-dealkylation sites (tertiary alicyclic amines) is 1. The third-order valence-electron chi connectivity index (χ3n) is 6.10. The van der Waals surface area contributed by atoms with Crippen molar-refractivity contribution >= 4 is 44.9 Å². The summed E-state index contributed by atoms with van der Waals surface area (Å²) >= 11 is 12.2. The van der Waals surface area contributed by atoms with Crippen LogP contribution in [-0.2, 0) is 14.8 Å². The van der Waals surface area contributed by atoms with Crippen LogP contribution in [0.2, 0.25) is 10.0 Å². The van der Waals surface area contributed by atoms with E-state index in [-0.39, 0.29) is 30.4 Å². The lowest BCUT2D eigenvalue weighted by Crippen LogP contribution is -2.68. The van der Waals surface area contributed by atoms with E-state index in [1.807, 2.05) is 29.2 Å².